The minimum atomic E-state index is 0.363. The van der Waals surface area contributed by atoms with E-state index in [-0.39, 0.29) is 0 Å². The summed E-state index contributed by atoms with van der Waals surface area (Å²) in [5.74, 6) is 0. The SMILES string of the molecule is CCP1CC2OC2(C)C1. The number of rotatable bonds is 1. The molecule has 2 aliphatic rings. The maximum Gasteiger partial charge on any atom is 0.0963 e. The summed E-state index contributed by atoms with van der Waals surface area (Å²) < 4.78 is 5.49. The van der Waals surface area contributed by atoms with Crippen LogP contribution < -0.4 is 0 Å². The van der Waals surface area contributed by atoms with E-state index in [4.69, 9.17) is 4.74 Å². The quantitative estimate of drug-likeness (QED) is 0.402. The standard InChI is InChI=1S/C7H13OP/c1-3-9-4-6-7(2,5-9)8-6/h6H,3-5H2,1-2H3. The molecule has 0 bridgehead atoms. The number of epoxide rings is 1. The van der Waals surface area contributed by atoms with Gasteiger partial charge in [0, 0.05) is 0 Å². The molecule has 2 saturated heterocycles. The monoisotopic (exact) mass is 144 g/mol. The minimum Gasteiger partial charge on any atom is -0.366 e. The minimum absolute atomic E-state index is 0.363. The van der Waals surface area contributed by atoms with Crippen molar-refractivity contribution < 1.29 is 4.74 Å². The molecule has 2 aliphatic heterocycles. The molecular weight excluding hydrogens is 131 g/mol. The van der Waals surface area contributed by atoms with Gasteiger partial charge in [-0.05, 0) is 25.4 Å². The van der Waals surface area contributed by atoms with Crippen LogP contribution in [0.4, 0.5) is 0 Å². The maximum atomic E-state index is 5.49. The third-order valence-corrected chi connectivity index (χ3v) is 5.26. The van der Waals surface area contributed by atoms with Crippen LogP contribution in [0.25, 0.3) is 0 Å². The Bertz CT molecular complexity index is 137. The van der Waals surface area contributed by atoms with Crippen LogP contribution in [0.15, 0.2) is 0 Å². The lowest BCUT2D eigenvalue weighted by atomic mass is 10.2. The summed E-state index contributed by atoms with van der Waals surface area (Å²) in [6, 6.07) is 0. The molecule has 0 spiro atoms. The summed E-state index contributed by atoms with van der Waals surface area (Å²) >= 11 is 0. The van der Waals surface area contributed by atoms with Gasteiger partial charge in [-0.2, -0.15) is 0 Å². The summed E-state index contributed by atoms with van der Waals surface area (Å²) in [6.07, 6.45) is 4.85. The number of hydrogen-bond acceptors (Lipinski definition) is 1. The molecule has 3 unspecified atom stereocenters. The van der Waals surface area contributed by atoms with E-state index in [1.807, 2.05) is 0 Å². The molecule has 0 aromatic carbocycles. The summed E-state index contributed by atoms with van der Waals surface area (Å²) in [5.41, 5.74) is 0.363. The zero-order chi connectivity index (χ0) is 6.48. The van der Waals surface area contributed by atoms with E-state index in [0.717, 1.165) is 0 Å². The first kappa shape index (κ1) is 6.12. The van der Waals surface area contributed by atoms with Gasteiger partial charge in [-0.25, -0.2) is 0 Å². The smallest absolute Gasteiger partial charge is 0.0963 e. The fraction of sp³-hybridized carbons (Fsp3) is 1.00. The van der Waals surface area contributed by atoms with Crippen molar-refractivity contribution in [2.75, 3.05) is 18.5 Å². The van der Waals surface area contributed by atoms with Crippen molar-refractivity contribution in [2.45, 2.75) is 25.6 Å². The van der Waals surface area contributed by atoms with E-state index in [9.17, 15) is 0 Å². The first-order chi connectivity index (χ1) is 4.24. The van der Waals surface area contributed by atoms with E-state index in [2.05, 4.69) is 13.8 Å². The molecule has 0 saturated carbocycles. The van der Waals surface area contributed by atoms with Crippen molar-refractivity contribution in [2.24, 2.45) is 0 Å². The Morgan fingerprint density at radius 3 is 2.89 bits per heavy atom. The van der Waals surface area contributed by atoms with E-state index in [1.54, 1.807) is 0 Å². The zero-order valence-electron chi connectivity index (χ0n) is 6.05. The zero-order valence-corrected chi connectivity index (χ0v) is 6.95. The summed E-state index contributed by atoms with van der Waals surface area (Å²) in [6.45, 7) is 4.56. The summed E-state index contributed by atoms with van der Waals surface area (Å²) in [5, 5.41) is 0. The fourth-order valence-electron chi connectivity index (χ4n) is 1.64. The molecule has 0 N–H and O–H groups in total. The first-order valence-electron chi connectivity index (χ1n) is 3.65. The van der Waals surface area contributed by atoms with Crippen molar-refractivity contribution in [1.82, 2.24) is 0 Å². The molecule has 0 amide bonds. The Hall–Kier alpha value is 0.390. The van der Waals surface area contributed by atoms with Crippen LogP contribution in [0, 0.1) is 0 Å². The van der Waals surface area contributed by atoms with Crippen LogP contribution in [0.5, 0.6) is 0 Å². The van der Waals surface area contributed by atoms with Crippen molar-refractivity contribution in [3.05, 3.63) is 0 Å². The first-order valence-corrected chi connectivity index (χ1v) is 5.54. The van der Waals surface area contributed by atoms with E-state index in [1.165, 1.54) is 18.5 Å². The topological polar surface area (TPSA) is 12.5 Å². The van der Waals surface area contributed by atoms with Gasteiger partial charge in [0.05, 0.1) is 11.7 Å². The molecule has 0 aliphatic carbocycles. The van der Waals surface area contributed by atoms with Gasteiger partial charge in [-0.1, -0.05) is 6.92 Å². The van der Waals surface area contributed by atoms with Crippen LogP contribution in [-0.2, 0) is 4.74 Å². The highest BCUT2D eigenvalue weighted by Gasteiger charge is 2.58. The summed E-state index contributed by atoms with van der Waals surface area (Å²) in [4.78, 5) is 0. The number of hydrogen-bond donors (Lipinski definition) is 0. The lowest BCUT2D eigenvalue weighted by Gasteiger charge is -2.09. The van der Waals surface area contributed by atoms with Crippen molar-refractivity contribution in [3.63, 3.8) is 0 Å². The van der Waals surface area contributed by atoms with Gasteiger partial charge in [-0.3, -0.25) is 0 Å². The van der Waals surface area contributed by atoms with Crippen molar-refractivity contribution in [3.8, 4) is 0 Å². The molecule has 2 rings (SSSR count). The highest BCUT2D eigenvalue weighted by molar-refractivity contribution is 7.58. The van der Waals surface area contributed by atoms with Gasteiger partial charge in [0.25, 0.3) is 0 Å². The Morgan fingerprint density at radius 1 is 1.78 bits per heavy atom. The molecule has 0 radical (unpaired) electrons. The second-order valence-electron chi connectivity index (χ2n) is 3.25. The molecule has 2 fully saturated rings. The molecule has 52 valence electrons. The van der Waals surface area contributed by atoms with Crippen LogP contribution >= 0.6 is 7.92 Å². The van der Waals surface area contributed by atoms with Crippen molar-refractivity contribution in [1.29, 1.82) is 0 Å². The van der Waals surface area contributed by atoms with Gasteiger partial charge < -0.3 is 4.74 Å². The average Bonchev–Trinajstić information content (AvgIpc) is 2.33. The fourth-order valence-corrected chi connectivity index (χ4v) is 4.35. The van der Waals surface area contributed by atoms with Crippen LogP contribution in [0.3, 0.4) is 0 Å². The Morgan fingerprint density at radius 2 is 2.56 bits per heavy atom. The molecule has 2 heterocycles. The molecule has 1 nitrogen and oxygen atoms in total. The second-order valence-corrected chi connectivity index (χ2v) is 5.90. The van der Waals surface area contributed by atoms with E-state index >= 15 is 0 Å². The largest absolute Gasteiger partial charge is 0.366 e. The lowest BCUT2D eigenvalue weighted by Crippen LogP contribution is -2.06. The molecule has 0 aromatic heterocycles. The third-order valence-electron chi connectivity index (χ3n) is 2.44. The van der Waals surface area contributed by atoms with Gasteiger partial charge in [0.15, 0.2) is 0 Å². The Kier molecular flexibility index (Phi) is 1.16. The highest BCUT2D eigenvalue weighted by atomic mass is 31.1. The van der Waals surface area contributed by atoms with Crippen LogP contribution in [0.2, 0.25) is 0 Å². The highest BCUT2D eigenvalue weighted by Crippen LogP contribution is 2.58. The molecular formula is C7H13OP. The molecule has 0 aromatic rings. The molecule has 9 heavy (non-hydrogen) atoms. The number of fused-ring (bicyclic) bond motifs is 1. The van der Waals surface area contributed by atoms with Gasteiger partial charge >= 0.3 is 0 Å². The van der Waals surface area contributed by atoms with Crippen molar-refractivity contribution >= 4 is 7.92 Å². The van der Waals surface area contributed by atoms with Gasteiger partial charge in [0.2, 0.25) is 0 Å². The molecule has 3 atom stereocenters. The lowest BCUT2D eigenvalue weighted by molar-refractivity contribution is 0.326. The van der Waals surface area contributed by atoms with E-state index < -0.39 is 0 Å². The normalized spacial score (nSPS) is 55.3. The van der Waals surface area contributed by atoms with Gasteiger partial charge in [0.1, 0.15) is 0 Å². The van der Waals surface area contributed by atoms with Gasteiger partial charge in [-0.15, -0.1) is 7.92 Å². The molecule has 2 heteroatoms. The maximum absolute atomic E-state index is 5.49. The second kappa shape index (κ2) is 1.71. The number of ether oxygens (including phenoxy) is 1. The Labute approximate surface area is 57.5 Å². The summed E-state index contributed by atoms with van der Waals surface area (Å²) in [7, 11) is 0.394. The van der Waals surface area contributed by atoms with E-state index in [0.29, 0.717) is 19.6 Å². The Balaban J connectivity index is 1.98. The predicted molar refractivity (Wildman–Crippen MR) is 40.5 cm³/mol. The van der Waals surface area contributed by atoms with Crippen LogP contribution in [0.1, 0.15) is 13.8 Å². The average molecular weight is 144 g/mol. The third kappa shape index (κ3) is 0.824. The van der Waals surface area contributed by atoms with Crippen LogP contribution in [-0.4, -0.2) is 30.2 Å². The predicted octanol–water partition coefficient (Wildman–Crippen LogP) is 1.66.